The molecule has 1 N–H and O–H groups in total. The third-order valence-corrected chi connectivity index (χ3v) is 6.84. The van der Waals surface area contributed by atoms with Gasteiger partial charge in [0.05, 0.1) is 13.2 Å². The van der Waals surface area contributed by atoms with Gasteiger partial charge in [-0.2, -0.15) is 0 Å². The second-order valence-corrected chi connectivity index (χ2v) is 8.98. The molecular formula is C26H33N3O. The van der Waals surface area contributed by atoms with Gasteiger partial charge in [-0.25, -0.2) is 0 Å². The molecule has 2 aromatic carbocycles. The van der Waals surface area contributed by atoms with E-state index in [1.54, 1.807) is 0 Å². The second-order valence-electron chi connectivity index (χ2n) is 8.98. The Balaban J connectivity index is 1.10. The Hall–Kier alpha value is -2.14. The highest BCUT2D eigenvalue weighted by Gasteiger charge is 2.20. The van der Waals surface area contributed by atoms with Gasteiger partial charge in [-0.05, 0) is 67.1 Å². The average molecular weight is 404 g/mol. The van der Waals surface area contributed by atoms with Crippen molar-refractivity contribution < 1.29 is 4.74 Å². The predicted molar refractivity (Wildman–Crippen MR) is 123 cm³/mol. The van der Waals surface area contributed by atoms with Crippen LogP contribution in [0.3, 0.4) is 0 Å². The van der Waals surface area contributed by atoms with Gasteiger partial charge in [0.15, 0.2) is 0 Å². The smallest absolute Gasteiger partial charge is 0.0594 e. The van der Waals surface area contributed by atoms with Crippen molar-refractivity contribution in [1.82, 2.24) is 14.8 Å². The highest BCUT2D eigenvalue weighted by atomic mass is 16.5. The molecule has 2 saturated heterocycles. The highest BCUT2D eigenvalue weighted by Crippen LogP contribution is 2.25. The summed E-state index contributed by atoms with van der Waals surface area (Å²) >= 11 is 0. The zero-order valence-electron chi connectivity index (χ0n) is 17.9. The first kappa shape index (κ1) is 19.8. The maximum atomic E-state index is 5.45. The number of nitrogens with zero attached hydrogens (tertiary/aromatic N) is 2. The van der Waals surface area contributed by atoms with E-state index in [4.69, 9.17) is 4.74 Å². The number of piperidine rings is 1. The van der Waals surface area contributed by atoms with Crippen LogP contribution < -0.4 is 0 Å². The van der Waals surface area contributed by atoms with E-state index in [1.807, 2.05) is 6.20 Å². The fourth-order valence-corrected chi connectivity index (χ4v) is 5.01. The molecule has 5 rings (SSSR count). The summed E-state index contributed by atoms with van der Waals surface area (Å²) in [7, 11) is 0. The molecule has 0 radical (unpaired) electrons. The van der Waals surface area contributed by atoms with E-state index in [0.29, 0.717) is 0 Å². The molecule has 0 bridgehead atoms. The number of fused-ring (bicyclic) bond motifs is 1. The number of morpholine rings is 1. The van der Waals surface area contributed by atoms with E-state index in [9.17, 15) is 0 Å². The lowest BCUT2D eigenvalue weighted by molar-refractivity contribution is 0.0342. The normalized spacial score (nSPS) is 19.5. The zero-order chi connectivity index (χ0) is 20.2. The quantitative estimate of drug-likeness (QED) is 0.660. The number of hydrogen-bond donors (Lipinski definition) is 1. The summed E-state index contributed by atoms with van der Waals surface area (Å²) in [6.07, 6.45) is 5.88. The van der Waals surface area contributed by atoms with E-state index in [0.717, 1.165) is 45.3 Å². The Morgan fingerprint density at radius 3 is 2.33 bits per heavy atom. The number of hydrogen-bond acceptors (Lipinski definition) is 3. The predicted octanol–water partition coefficient (Wildman–Crippen LogP) is 4.45. The van der Waals surface area contributed by atoms with Gasteiger partial charge in [0.1, 0.15) is 0 Å². The van der Waals surface area contributed by atoms with Crippen molar-refractivity contribution in [2.75, 3.05) is 39.4 Å². The first-order valence-corrected chi connectivity index (χ1v) is 11.5. The number of rotatable bonds is 6. The van der Waals surface area contributed by atoms with E-state index in [2.05, 4.69) is 63.3 Å². The van der Waals surface area contributed by atoms with Crippen LogP contribution in [0.15, 0.2) is 54.7 Å². The number of aromatic amines is 1. The van der Waals surface area contributed by atoms with Crippen LogP contribution in [0.4, 0.5) is 0 Å². The third kappa shape index (κ3) is 4.77. The van der Waals surface area contributed by atoms with Crippen LogP contribution in [0.25, 0.3) is 10.9 Å². The van der Waals surface area contributed by atoms with Crippen LogP contribution in [-0.4, -0.2) is 54.2 Å². The molecule has 0 saturated carbocycles. The van der Waals surface area contributed by atoms with Gasteiger partial charge in [-0.1, -0.05) is 36.4 Å². The molecule has 2 fully saturated rings. The molecule has 0 amide bonds. The van der Waals surface area contributed by atoms with Crippen molar-refractivity contribution in [3.8, 4) is 0 Å². The Labute approximate surface area is 179 Å². The number of aromatic nitrogens is 1. The van der Waals surface area contributed by atoms with Crippen LogP contribution in [0, 0.1) is 5.92 Å². The van der Waals surface area contributed by atoms with Gasteiger partial charge >= 0.3 is 0 Å². The van der Waals surface area contributed by atoms with Gasteiger partial charge in [0, 0.05) is 43.3 Å². The summed E-state index contributed by atoms with van der Waals surface area (Å²) in [5, 5.41) is 1.37. The fraction of sp³-hybridized carbons (Fsp3) is 0.462. The topological polar surface area (TPSA) is 31.5 Å². The lowest BCUT2D eigenvalue weighted by Gasteiger charge is -2.32. The summed E-state index contributed by atoms with van der Waals surface area (Å²) < 4.78 is 5.45. The lowest BCUT2D eigenvalue weighted by Crippen LogP contribution is -2.35. The maximum Gasteiger partial charge on any atom is 0.0594 e. The number of H-pyrrole nitrogens is 1. The molecule has 3 heterocycles. The minimum atomic E-state index is 0.814. The zero-order valence-corrected chi connectivity index (χ0v) is 17.9. The Morgan fingerprint density at radius 1 is 0.800 bits per heavy atom. The second kappa shape index (κ2) is 9.34. The van der Waals surface area contributed by atoms with E-state index >= 15 is 0 Å². The summed E-state index contributed by atoms with van der Waals surface area (Å²) in [5.74, 6) is 0.814. The first-order valence-electron chi connectivity index (χ1n) is 11.5. The van der Waals surface area contributed by atoms with Crippen molar-refractivity contribution in [2.45, 2.75) is 32.4 Å². The van der Waals surface area contributed by atoms with Crippen LogP contribution in [-0.2, 0) is 24.2 Å². The van der Waals surface area contributed by atoms with Gasteiger partial charge in [-0.15, -0.1) is 0 Å². The molecule has 2 aliphatic heterocycles. The van der Waals surface area contributed by atoms with Gasteiger partial charge in [0.25, 0.3) is 0 Å². The number of benzene rings is 2. The van der Waals surface area contributed by atoms with E-state index in [-0.39, 0.29) is 0 Å². The van der Waals surface area contributed by atoms with Crippen molar-refractivity contribution in [3.05, 3.63) is 71.4 Å². The molecule has 0 unspecified atom stereocenters. The van der Waals surface area contributed by atoms with Crippen LogP contribution >= 0.6 is 0 Å². The van der Waals surface area contributed by atoms with Crippen molar-refractivity contribution in [3.63, 3.8) is 0 Å². The molecule has 3 aromatic rings. The van der Waals surface area contributed by atoms with Crippen molar-refractivity contribution in [1.29, 1.82) is 0 Å². The minimum Gasteiger partial charge on any atom is -0.379 e. The molecule has 0 spiro atoms. The Kier molecular flexibility index (Phi) is 6.16. The van der Waals surface area contributed by atoms with Crippen LogP contribution in [0.1, 0.15) is 29.5 Å². The van der Waals surface area contributed by atoms with Gasteiger partial charge < -0.3 is 9.72 Å². The fourth-order valence-electron chi connectivity index (χ4n) is 5.01. The average Bonchev–Trinajstić information content (AvgIpc) is 3.27. The molecule has 4 nitrogen and oxygen atoms in total. The largest absolute Gasteiger partial charge is 0.379 e. The lowest BCUT2D eigenvalue weighted by atomic mass is 9.89. The summed E-state index contributed by atoms with van der Waals surface area (Å²) in [5.41, 5.74) is 5.62. The summed E-state index contributed by atoms with van der Waals surface area (Å²) in [4.78, 5) is 8.45. The number of nitrogens with one attached hydrogen (secondary N) is 1. The molecule has 30 heavy (non-hydrogen) atoms. The maximum absolute atomic E-state index is 5.45. The van der Waals surface area contributed by atoms with Crippen LogP contribution in [0.2, 0.25) is 0 Å². The van der Waals surface area contributed by atoms with Crippen molar-refractivity contribution in [2.24, 2.45) is 5.92 Å². The molecule has 4 heteroatoms. The molecule has 158 valence electrons. The molecule has 0 atom stereocenters. The van der Waals surface area contributed by atoms with Crippen LogP contribution in [0.5, 0.6) is 0 Å². The summed E-state index contributed by atoms with van der Waals surface area (Å²) in [6.45, 7) is 8.39. The SMILES string of the molecule is c1cc(CN2CCC(Cc3ccc(CN4CCOCC4)cc3)CC2)c2cc[nH]c2c1. The summed E-state index contributed by atoms with van der Waals surface area (Å²) in [6, 6.07) is 18.2. The van der Waals surface area contributed by atoms with E-state index in [1.165, 1.54) is 59.9 Å². The van der Waals surface area contributed by atoms with E-state index < -0.39 is 0 Å². The Bertz CT molecular complexity index is 934. The molecular weight excluding hydrogens is 370 g/mol. The van der Waals surface area contributed by atoms with Gasteiger partial charge in [-0.3, -0.25) is 9.80 Å². The first-order chi connectivity index (χ1) is 14.8. The number of ether oxygens (including phenoxy) is 1. The third-order valence-electron chi connectivity index (χ3n) is 6.84. The minimum absolute atomic E-state index is 0.814. The standard InChI is InChI=1S/C26H33N3O/c1-2-24(25-8-11-27-26(25)3-1)20-28-12-9-22(10-13-28)18-21-4-6-23(7-5-21)19-29-14-16-30-17-15-29/h1-8,11,22,27H,9-10,12-20H2. The highest BCUT2D eigenvalue weighted by molar-refractivity contribution is 5.82. The molecule has 1 aromatic heterocycles. The molecule has 0 aliphatic carbocycles. The Morgan fingerprint density at radius 2 is 1.53 bits per heavy atom. The molecule has 2 aliphatic rings. The van der Waals surface area contributed by atoms with Crippen molar-refractivity contribution >= 4 is 10.9 Å². The number of likely N-dealkylation sites (tertiary alicyclic amines) is 1. The van der Waals surface area contributed by atoms with Gasteiger partial charge in [0.2, 0.25) is 0 Å². The monoisotopic (exact) mass is 403 g/mol.